The number of phenols is 1. The summed E-state index contributed by atoms with van der Waals surface area (Å²) in [4.78, 5) is 55.5. The SMILES string of the molecule is CCN(CCCC(=O)C1CCCC1)C1=CC(=O)C(=C2C(=O)C(c3ccc(N(CC)CCCC(=O)C4CCCC4)cc3O)=C2O)C=C1. The number of nitrogens with zero attached hydrogens (tertiary/aromatic N) is 2. The van der Waals surface area contributed by atoms with Gasteiger partial charge < -0.3 is 20.0 Å². The third-order valence-corrected chi connectivity index (χ3v) is 10.2. The molecule has 246 valence electrons. The fourth-order valence-corrected chi connectivity index (χ4v) is 7.48. The lowest BCUT2D eigenvalue weighted by molar-refractivity contribution is -0.123. The molecule has 0 unspecified atom stereocenters. The molecule has 0 amide bonds. The van der Waals surface area contributed by atoms with Gasteiger partial charge in [-0.3, -0.25) is 19.2 Å². The van der Waals surface area contributed by atoms with Gasteiger partial charge in [-0.15, -0.1) is 0 Å². The monoisotopic (exact) mass is 628 g/mol. The Labute approximate surface area is 272 Å². The predicted octanol–water partition coefficient (Wildman–Crippen LogP) is 6.79. The molecule has 1 aromatic carbocycles. The Balaban J connectivity index is 1.21. The Bertz CT molecular complexity index is 1490. The van der Waals surface area contributed by atoms with Crippen LogP contribution in [0.5, 0.6) is 5.75 Å². The minimum absolute atomic E-state index is 0.00477. The second kappa shape index (κ2) is 15.1. The van der Waals surface area contributed by atoms with Gasteiger partial charge in [0.2, 0.25) is 5.78 Å². The molecule has 2 saturated carbocycles. The van der Waals surface area contributed by atoms with Gasteiger partial charge in [-0.1, -0.05) is 25.7 Å². The van der Waals surface area contributed by atoms with E-state index in [1.54, 1.807) is 30.4 Å². The molecule has 2 N–H and O–H groups in total. The summed E-state index contributed by atoms with van der Waals surface area (Å²) in [6.45, 7) is 6.70. The Morgan fingerprint density at radius 3 is 1.85 bits per heavy atom. The van der Waals surface area contributed by atoms with Gasteiger partial charge in [0, 0.05) is 85.5 Å². The first-order valence-electron chi connectivity index (χ1n) is 17.3. The van der Waals surface area contributed by atoms with Gasteiger partial charge in [-0.05, 0) is 76.7 Å². The van der Waals surface area contributed by atoms with E-state index in [-0.39, 0.29) is 51.4 Å². The van der Waals surface area contributed by atoms with E-state index in [9.17, 15) is 29.4 Å². The molecule has 1 aromatic rings. The molecule has 2 fully saturated rings. The second-order valence-corrected chi connectivity index (χ2v) is 13.1. The summed E-state index contributed by atoms with van der Waals surface area (Å²) in [6.07, 6.45) is 16.0. The number of rotatable bonds is 15. The number of aliphatic hydroxyl groups is 1. The van der Waals surface area contributed by atoms with Gasteiger partial charge in [-0.2, -0.15) is 0 Å². The van der Waals surface area contributed by atoms with Crippen molar-refractivity contribution in [2.24, 2.45) is 11.8 Å². The van der Waals surface area contributed by atoms with E-state index in [2.05, 4.69) is 4.90 Å². The molecular weight excluding hydrogens is 580 g/mol. The summed E-state index contributed by atoms with van der Waals surface area (Å²) in [5, 5.41) is 21.8. The lowest BCUT2D eigenvalue weighted by Gasteiger charge is -2.28. The van der Waals surface area contributed by atoms with Gasteiger partial charge in [0.25, 0.3) is 0 Å². The summed E-state index contributed by atoms with van der Waals surface area (Å²) >= 11 is 0. The molecule has 0 saturated heterocycles. The molecule has 5 rings (SSSR count). The lowest BCUT2D eigenvalue weighted by atomic mass is 9.79. The number of anilines is 1. The third kappa shape index (κ3) is 7.21. The quantitative estimate of drug-likeness (QED) is 0.204. The molecule has 0 spiro atoms. The summed E-state index contributed by atoms with van der Waals surface area (Å²) in [7, 11) is 0. The summed E-state index contributed by atoms with van der Waals surface area (Å²) in [6, 6.07) is 5.00. The average Bonchev–Trinajstić information content (AvgIpc) is 3.79. The van der Waals surface area contributed by atoms with Crippen LogP contribution >= 0.6 is 0 Å². The highest BCUT2D eigenvalue weighted by Crippen LogP contribution is 2.43. The van der Waals surface area contributed by atoms with E-state index in [1.165, 1.54) is 6.08 Å². The molecule has 4 aliphatic rings. The topological polar surface area (TPSA) is 115 Å². The number of carbonyl (C=O) groups is 4. The summed E-state index contributed by atoms with van der Waals surface area (Å²) in [5.74, 6) is -0.148. The Hall–Kier alpha value is -3.94. The number of Topliss-reactive ketones (excluding diaryl/α,β-unsaturated/α-hetero) is 3. The normalized spacial score (nSPS) is 20.3. The fourth-order valence-electron chi connectivity index (χ4n) is 7.48. The Morgan fingerprint density at radius 1 is 0.783 bits per heavy atom. The zero-order chi connectivity index (χ0) is 32.8. The number of hydrogen-bond acceptors (Lipinski definition) is 8. The van der Waals surface area contributed by atoms with E-state index in [0.717, 1.165) is 75.6 Å². The zero-order valence-corrected chi connectivity index (χ0v) is 27.4. The predicted molar refractivity (Wildman–Crippen MR) is 179 cm³/mol. The van der Waals surface area contributed by atoms with Crippen LogP contribution in [0, 0.1) is 11.8 Å². The van der Waals surface area contributed by atoms with Crippen molar-refractivity contribution in [1.29, 1.82) is 0 Å². The van der Waals surface area contributed by atoms with E-state index in [0.29, 0.717) is 50.6 Å². The maximum Gasteiger partial charge on any atom is 0.202 e. The van der Waals surface area contributed by atoms with Crippen LogP contribution in [0.4, 0.5) is 5.69 Å². The van der Waals surface area contributed by atoms with Gasteiger partial charge in [-0.25, -0.2) is 0 Å². The largest absolute Gasteiger partial charge is 0.507 e. The van der Waals surface area contributed by atoms with E-state index < -0.39 is 5.78 Å². The number of allylic oxidation sites excluding steroid dienone is 6. The van der Waals surface area contributed by atoms with E-state index >= 15 is 0 Å². The smallest absolute Gasteiger partial charge is 0.202 e. The van der Waals surface area contributed by atoms with E-state index in [4.69, 9.17) is 0 Å². The highest BCUT2D eigenvalue weighted by Gasteiger charge is 2.39. The van der Waals surface area contributed by atoms with Crippen molar-refractivity contribution in [2.75, 3.05) is 31.1 Å². The molecule has 0 radical (unpaired) electrons. The van der Waals surface area contributed by atoms with Crippen LogP contribution in [0.25, 0.3) is 5.57 Å². The van der Waals surface area contributed by atoms with Crippen molar-refractivity contribution in [3.63, 3.8) is 0 Å². The average molecular weight is 629 g/mol. The van der Waals surface area contributed by atoms with Crippen LogP contribution in [0.3, 0.4) is 0 Å². The molecule has 0 aliphatic heterocycles. The molecule has 4 aliphatic carbocycles. The minimum Gasteiger partial charge on any atom is -0.507 e. The molecule has 8 heteroatoms. The van der Waals surface area contributed by atoms with Crippen molar-refractivity contribution in [3.05, 3.63) is 64.6 Å². The molecule has 8 nitrogen and oxygen atoms in total. The molecule has 0 atom stereocenters. The number of ketones is 4. The van der Waals surface area contributed by atoms with Crippen molar-refractivity contribution < 1.29 is 29.4 Å². The Kier molecular flexibility index (Phi) is 11.0. The van der Waals surface area contributed by atoms with Gasteiger partial charge in [0.1, 0.15) is 23.1 Å². The number of hydrogen-bond donors (Lipinski definition) is 2. The minimum atomic E-state index is -0.485. The maximum atomic E-state index is 13.3. The molecule has 0 bridgehead atoms. The van der Waals surface area contributed by atoms with Crippen LogP contribution in [0.15, 0.2) is 59.0 Å². The van der Waals surface area contributed by atoms with Crippen molar-refractivity contribution in [3.8, 4) is 5.75 Å². The maximum absolute atomic E-state index is 13.3. The van der Waals surface area contributed by atoms with E-state index in [1.807, 2.05) is 18.7 Å². The number of benzene rings is 1. The third-order valence-electron chi connectivity index (χ3n) is 10.2. The molecule has 0 aromatic heterocycles. The van der Waals surface area contributed by atoms with Crippen LogP contribution in [-0.2, 0) is 19.2 Å². The number of phenolic OH excluding ortho intramolecular Hbond substituents is 1. The number of likely N-dealkylation sites (N-methyl/N-ethyl adjacent to an activating group) is 1. The fraction of sp³-hybridized carbons (Fsp3) is 0.526. The molecule has 0 heterocycles. The van der Waals surface area contributed by atoms with Crippen LogP contribution in [-0.4, -0.2) is 64.4 Å². The van der Waals surface area contributed by atoms with Crippen LogP contribution < -0.4 is 4.90 Å². The number of carbonyl (C=O) groups excluding carboxylic acids is 4. The van der Waals surface area contributed by atoms with Crippen molar-refractivity contribution in [2.45, 2.75) is 90.9 Å². The van der Waals surface area contributed by atoms with Gasteiger partial charge in [0.05, 0.1) is 11.1 Å². The molecular formula is C38H48N2O6. The lowest BCUT2D eigenvalue weighted by Crippen LogP contribution is -2.28. The zero-order valence-electron chi connectivity index (χ0n) is 27.4. The van der Waals surface area contributed by atoms with Crippen LogP contribution in [0.1, 0.15) is 96.5 Å². The Morgan fingerprint density at radius 2 is 1.35 bits per heavy atom. The summed E-state index contributed by atoms with van der Waals surface area (Å²) in [5.41, 5.74) is 1.79. The number of aromatic hydroxyl groups is 1. The first-order chi connectivity index (χ1) is 22.2. The summed E-state index contributed by atoms with van der Waals surface area (Å²) < 4.78 is 0. The highest BCUT2D eigenvalue weighted by molar-refractivity contribution is 6.41. The van der Waals surface area contributed by atoms with Crippen molar-refractivity contribution in [1.82, 2.24) is 4.90 Å². The first kappa shape index (κ1) is 33.4. The van der Waals surface area contributed by atoms with Crippen molar-refractivity contribution >= 4 is 34.4 Å². The highest BCUT2D eigenvalue weighted by atomic mass is 16.3. The van der Waals surface area contributed by atoms with Gasteiger partial charge in [0.15, 0.2) is 5.78 Å². The number of aliphatic hydroxyl groups excluding tert-OH is 1. The second-order valence-electron chi connectivity index (χ2n) is 13.1. The first-order valence-corrected chi connectivity index (χ1v) is 17.3. The standard InChI is InChI=1S/C38H48N2O6/c1-3-39(21-9-15-31(41)25-11-5-6-12-25)27-17-19-29(33(43)23-27)35-37(45)36(38(35)46)30-20-18-28(24-34(30)44)40(4-2)22-10-16-32(42)26-13-7-8-14-26/h17-20,23-26,43,45H,3-16,21-22H2,1-2H3. The molecule has 46 heavy (non-hydrogen) atoms. The van der Waals surface area contributed by atoms with Gasteiger partial charge >= 0.3 is 0 Å². The van der Waals surface area contributed by atoms with Crippen LogP contribution in [0.2, 0.25) is 0 Å².